The number of benzene rings is 2. The molecule has 0 amide bonds. The molecule has 0 atom stereocenters. The Balaban J connectivity index is 2.00. The number of nitro benzene ring substituents is 1. The van der Waals surface area contributed by atoms with E-state index in [4.69, 9.17) is 5.11 Å². The summed E-state index contributed by atoms with van der Waals surface area (Å²) in [4.78, 5) is 30.2. The van der Waals surface area contributed by atoms with E-state index in [1.165, 1.54) is 6.07 Å². The topological polar surface area (TPSA) is 130 Å². The van der Waals surface area contributed by atoms with Crippen molar-refractivity contribution in [1.82, 2.24) is 9.97 Å². The average molecular weight is 379 g/mol. The Morgan fingerprint density at radius 3 is 2.57 bits per heavy atom. The number of carboxylic acid groups (broad SMARTS) is 1. The van der Waals surface area contributed by atoms with Crippen LogP contribution < -0.4 is 10.6 Å². The second kappa shape index (κ2) is 8.12. The number of hydrogen-bond donors (Lipinski definition) is 3. The van der Waals surface area contributed by atoms with Gasteiger partial charge >= 0.3 is 5.97 Å². The number of anilines is 3. The molecular formula is C19H17N5O4. The molecule has 0 fully saturated rings. The normalized spacial score (nSPS) is 10.3. The first-order chi connectivity index (χ1) is 13.4. The summed E-state index contributed by atoms with van der Waals surface area (Å²) >= 11 is 0. The van der Waals surface area contributed by atoms with Gasteiger partial charge in [0.15, 0.2) is 0 Å². The third kappa shape index (κ3) is 4.39. The van der Waals surface area contributed by atoms with Crippen LogP contribution in [0.3, 0.4) is 0 Å². The Morgan fingerprint density at radius 2 is 1.89 bits per heavy atom. The van der Waals surface area contributed by atoms with E-state index in [0.717, 1.165) is 5.56 Å². The van der Waals surface area contributed by atoms with Gasteiger partial charge in [0.1, 0.15) is 12.4 Å². The summed E-state index contributed by atoms with van der Waals surface area (Å²) < 4.78 is 0. The van der Waals surface area contributed by atoms with Crippen molar-refractivity contribution < 1.29 is 14.8 Å². The number of aromatic nitrogens is 2. The highest BCUT2D eigenvalue weighted by molar-refractivity contribution is 5.73. The van der Waals surface area contributed by atoms with Gasteiger partial charge in [-0.15, -0.1) is 0 Å². The largest absolute Gasteiger partial charge is 0.480 e. The van der Waals surface area contributed by atoms with Crippen molar-refractivity contribution in [1.29, 1.82) is 0 Å². The Labute approximate surface area is 160 Å². The first-order valence-electron chi connectivity index (χ1n) is 8.35. The molecule has 142 valence electrons. The lowest BCUT2D eigenvalue weighted by Crippen LogP contribution is -2.15. The molecule has 1 heterocycles. The van der Waals surface area contributed by atoms with Gasteiger partial charge in [0.05, 0.1) is 16.2 Å². The molecule has 0 radical (unpaired) electrons. The number of carbonyl (C=O) groups is 1. The van der Waals surface area contributed by atoms with Gasteiger partial charge in [-0.2, -0.15) is 4.98 Å². The number of rotatable bonds is 7. The highest BCUT2D eigenvalue weighted by Crippen LogP contribution is 2.29. The summed E-state index contributed by atoms with van der Waals surface area (Å²) in [5.74, 6) is -0.530. The van der Waals surface area contributed by atoms with Crippen LogP contribution in [0, 0.1) is 17.0 Å². The smallest absolute Gasteiger partial charge is 0.322 e. The molecule has 3 N–H and O–H groups in total. The highest BCUT2D eigenvalue weighted by atomic mass is 16.6. The first kappa shape index (κ1) is 18.8. The lowest BCUT2D eigenvalue weighted by atomic mass is 10.1. The van der Waals surface area contributed by atoms with Gasteiger partial charge in [0, 0.05) is 23.4 Å². The zero-order valence-electron chi connectivity index (χ0n) is 14.9. The third-order valence-corrected chi connectivity index (χ3v) is 3.96. The molecule has 9 heteroatoms. The van der Waals surface area contributed by atoms with Crippen molar-refractivity contribution in [3.8, 4) is 11.3 Å². The monoisotopic (exact) mass is 379 g/mol. The Morgan fingerprint density at radius 1 is 1.14 bits per heavy atom. The molecule has 0 aliphatic rings. The van der Waals surface area contributed by atoms with Crippen LogP contribution in [0.5, 0.6) is 0 Å². The van der Waals surface area contributed by atoms with E-state index in [0.29, 0.717) is 22.8 Å². The Bertz CT molecular complexity index is 1020. The summed E-state index contributed by atoms with van der Waals surface area (Å²) in [5, 5.41) is 25.8. The predicted molar refractivity (Wildman–Crippen MR) is 105 cm³/mol. The summed E-state index contributed by atoms with van der Waals surface area (Å²) in [6.45, 7) is 1.30. The van der Waals surface area contributed by atoms with Crippen LogP contribution in [0.15, 0.2) is 54.6 Å². The fraction of sp³-hybridized carbons (Fsp3) is 0.105. The third-order valence-electron chi connectivity index (χ3n) is 3.96. The molecule has 3 aromatic rings. The fourth-order valence-corrected chi connectivity index (χ4v) is 2.60. The van der Waals surface area contributed by atoms with Crippen molar-refractivity contribution in [2.24, 2.45) is 0 Å². The van der Waals surface area contributed by atoms with Crippen LogP contribution in [0.25, 0.3) is 11.3 Å². The van der Waals surface area contributed by atoms with Gasteiger partial charge in [-0.25, -0.2) is 4.98 Å². The molecule has 0 aliphatic carbocycles. The average Bonchev–Trinajstić information content (AvgIpc) is 2.68. The van der Waals surface area contributed by atoms with Crippen LogP contribution in [0.1, 0.15) is 5.56 Å². The number of carboxylic acids is 1. The Kier molecular flexibility index (Phi) is 5.45. The van der Waals surface area contributed by atoms with Crippen molar-refractivity contribution in [2.45, 2.75) is 6.92 Å². The molecule has 9 nitrogen and oxygen atoms in total. The summed E-state index contributed by atoms with van der Waals surface area (Å²) in [6.07, 6.45) is 0. The zero-order chi connectivity index (χ0) is 20.1. The van der Waals surface area contributed by atoms with Crippen LogP contribution in [0.4, 0.5) is 23.1 Å². The van der Waals surface area contributed by atoms with Crippen molar-refractivity contribution in [2.75, 3.05) is 17.2 Å². The lowest BCUT2D eigenvalue weighted by Gasteiger charge is -2.12. The Hall–Kier alpha value is -4.01. The highest BCUT2D eigenvalue weighted by Gasteiger charge is 2.15. The van der Waals surface area contributed by atoms with Gasteiger partial charge < -0.3 is 15.7 Å². The van der Waals surface area contributed by atoms with E-state index in [1.807, 2.05) is 30.3 Å². The van der Waals surface area contributed by atoms with Crippen molar-refractivity contribution >= 4 is 29.1 Å². The summed E-state index contributed by atoms with van der Waals surface area (Å²) in [5.41, 5.74) is 2.38. The SMILES string of the molecule is Cc1c(Nc2cc(-c3ccccc3)nc(NCC(=O)O)n2)cccc1[N+](=O)[O-]. The maximum absolute atomic E-state index is 11.2. The second-order valence-electron chi connectivity index (χ2n) is 5.91. The van der Waals surface area contributed by atoms with Crippen molar-refractivity contribution in [3.63, 3.8) is 0 Å². The lowest BCUT2D eigenvalue weighted by molar-refractivity contribution is -0.385. The maximum atomic E-state index is 11.2. The molecule has 0 saturated heterocycles. The van der Waals surface area contributed by atoms with Gasteiger partial charge in [-0.3, -0.25) is 14.9 Å². The molecule has 28 heavy (non-hydrogen) atoms. The van der Waals surface area contributed by atoms with Crippen LogP contribution in [-0.4, -0.2) is 32.5 Å². The van der Waals surface area contributed by atoms with Crippen LogP contribution in [-0.2, 0) is 4.79 Å². The predicted octanol–water partition coefficient (Wildman–Crippen LogP) is 3.60. The summed E-state index contributed by atoms with van der Waals surface area (Å²) in [6, 6.07) is 15.7. The van der Waals surface area contributed by atoms with Gasteiger partial charge in [-0.1, -0.05) is 36.4 Å². The van der Waals surface area contributed by atoms with Crippen LogP contribution in [0.2, 0.25) is 0 Å². The first-order valence-corrected chi connectivity index (χ1v) is 8.35. The van der Waals surface area contributed by atoms with E-state index >= 15 is 0 Å². The van der Waals surface area contributed by atoms with E-state index < -0.39 is 10.9 Å². The molecule has 0 unspecified atom stereocenters. The summed E-state index contributed by atoms with van der Waals surface area (Å²) in [7, 11) is 0. The number of nitro groups is 1. The molecule has 1 aromatic heterocycles. The number of hydrogen-bond acceptors (Lipinski definition) is 7. The zero-order valence-corrected chi connectivity index (χ0v) is 14.9. The molecule has 0 spiro atoms. The minimum absolute atomic E-state index is 0.00781. The van der Waals surface area contributed by atoms with E-state index in [2.05, 4.69) is 20.6 Å². The van der Waals surface area contributed by atoms with E-state index in [1.54, 1.807) is 25.1 Å². The quantitative estimate of drug-likeness (QED) is 0.419. The minimum Gasteiger partial charge on any atom is -0.480 e. The van der Waals surface area contributed by atoms with Gasteiger partial charge in [0.2, 0.25) is 5.95 Å². The standard InChI is InChI=1S/C19H17N5O4/c1-12-14(8-5-9-16(12)24(27)28)21-17-10-15(13-6-3-2-4-7-13)22-19(23-17)20-11-18(25)26/h2-10H,11H2,1H3,(H,25,26)(H2,20,21,22,23). The van der Waals surface area contributed by atoms with Gasteiger partial charge in [-0.05, 0) is 13.0 Å². The molecule has 0 aliphatic heterocycles. The van der Waals surface area contributed by atoms with Crippen molar-refractivity contribution in [3.05, 3.63) is 70.3 Å². The fourth-order valence-electron chi connectivity index (χ4n) is 2.60. The number of aliphatic carboxylic acids is 1. The molecule has 0 saturated carbocycles. The molecule has 0 bridgehead atoms. The minimum atomic E-state index is -1.04. The van der Waals surface area contributed by atoms with E-state index in [-0.39, 0.29) is 18.2 Å². The van der Waals surface area contributed by atoms with Crippen LogP contribution >= 0.6 is 0 Å². The maximum Gasteiger partial charge on any atom is 0.322 e. The molecular weight excluding hydrogens is 362 g/mol. The van der Waals surface area contributed by atoms with E-state index in [9.17, 15) is 14.9 Å². The number of nitrogens with zero attached hydrogens (tertiary/aromatic N) is 3. The second-order valence-corrected chi connectivity index (χ2v) is 5.91. The molecule has 2 aromatic carbocycles. The van der Waals surface area contributed by atoms with Gasteiger partial charge in [0.25, 0.3) is 5.69 Å². The molecule has 3 rings (SSSR count). The number of nitrogens with one attached hydrogen (secondary N) is 2.